The molecule has 17 heavy (non-hydrogen) atoms. The zero-order valence-corrected chi connectivity index (χ0v) is 10.4. The lowest BCUT2D eigenvalue weighted by molar-refractivity contribution is 0.261. The van der Waals surface area contributed by atoms with E-state index in [9.17, 15) is 0 Å². The maximum absolute atomic E-state index is 5.52. The molecule has 1 aromatic rings. The highest BCUT2D eigenvalue weighted by Crippen LogP contribution is 2.28. The van der Waals surface area contributed by atoms with Crippen LogP contribution in [0.25, 0.3) is 0 Å². The number of ether oxygens (including phenoxy) is 1. The SMILES string of the molecule is CN1CCCC(Nc2ccc3c(c2)CCO3)C1. The third-order valence-electron chi connectivity index (χ3n) is 3.68. The predicted molar refractivity (Wildman–Crippen MR) is 69.8 cm³/mol. The Labute approximate surface area is 103 Å². The smallest absolute Gasteiger partial charge is 0.122 e. The van der Waals surface area contributed by atoms with E-state index in [1.165, 1.54) is 30.6 Å². The molecule has 0 spiro atoms. The van der Waals surface area contributed by atoms with Gasteiger partial charge in [-0.2, -0.15) is 0 Å². The number of nitrogens with zero attached hydrogens (tertiary/aromatic N) is 1. The second-order valence-corrected chi connectivity index (χ2v) is 5.17. The fourth-order valence-electron chi connectivity index (χ4n) is 2.80. The lowest BCUT2D eigenvalue weighted by atomic mass is 10.1. The maximum Gasteiger partial charge on any atom is 0.122 e. The number of likely N-dealkylation sites (tertiary alicyclic amines) is 1. The van der Waals surface area contributed by atoms with Gasteiger partial charge in [-0.05, 0) is 50.2 Å². The van der Waals surface area contributed by atoms with E-state index >= 15 is 0 Å². The molecule has 3 heteroatoms. The van der Waals surface area contributed by atoms with Gasteiger partial charge in [-0.25, -0.2) is 0 Å². The van der Waals surface area contributed by atoms with Gasteiger partial charge in [0.15, 0.2) is 0 Å². The van der Waals surface area contributed by atoms with Crippen LogP contribution in [0, 0.1) is 0 Å². The summed E-state index contributed by atoms with van der Waals surface area (Å²) < 4.78 is 5.52. The van der Waals surface area contributed by atoms with Gasteiger partial charge in [0.2, 0.25) is 0 Å². The Morgan fingerprint density at radius 1 is 1.41 bits per heavy atom. The molecule has 92 valence electrons. The number of rotatable bonds is 2. The largest absolute Gasteiger partial charge is 0.493 e. The Morgan fingerprint density at radius 2 is 2.35 bits per heavy atom. The summed E-state index contributed by atoms with van der Waals surface area (Å²) in [7, 11) is 2.20. The molecule has 1 N–H and O–H groups in total. The van der Waals surface area contributed by atoms with Crippen LogP contribution in [0.1, 0.15) is 18.4 Å². The van der Waals surface area contributed by atoms with Gasteiger partial charge >= 0.3 is 0 Å². The molecule has 2 aliphatic rings. The lowest BCUT2D eigenvalue weighted by Gasteiger charge is -2.31. The quantitative estimate of drug-likeness (QED) is 0.845. The minimum Gasteiger partial charge on any atom is -0.493 e. The van der Waals surface area contributed by atoms with Gasteiger partial charge in [-0.1, -0.05) is 0 Å². The van der Waals surface area contributed by atoms with E-state index < -0.39 is 0 Å². The maximum atomic E-state index is 5.52. The van der Waals surface area contributed by atoms with Gasteiger partial charge < -0.3 is 15.0 Å². The van der Waals surface area contributed by atoms with E-state index in [0.29, 0.717) is 6.04 Å². The third kappa shape index (κ3) is 2.39. The normalized spacial score (nSPS) is 24.2. The van der Waals surface area contributed by atoms with E-state index in [-0.39, 0.29) is 0 Å². The highest BCUT2D eigenvalue weighted by atomic mass is 16.5. The summed E-state index contributed by atoms with van der Waals surface area (Å²) >= 11 is 0. The standard InChI is InChI=1S/C14H20N2O/c1-16-7-2-3-13(10-16)15-12-4-5-14-11(9-12)6-8-17-14/h4-5,9,13,15H,2-3,6-8,10H2,1H3. The molecule has 0 bridgehead atoms. The van der Waals surface area contributed by atoms with Crippen LogP contribution in [-0.2, 0) is 6.42 Å². The molecule has 1 aromatic carbocycles. The molecule has 1 atom stereocenters. The molecule has 1 fully saturated rings. The van der Waals surface area contributed by atoms with Crippen molar-refractivity contribution in [2.24, 2.45) is 0 Å². The number of anilines is 1. The van der Waals surface area contributed by atoms with Crippen LogP contribution < -0.4 is 10.1 Å². The first kappa shape index (κ1) is 10.9. The monoisotopic (exact) mass is 232 g/mol. The average molecular weight is 232 g/mol. The van der Waals surface area contributed by atoms with Crippen molar-refractivity contribution in [3.8, 4) is 5.75 Å². The van der Waals surface area contributed by atoms with Crippen LogP contribution in [-0.4, -0.2) is 37.7 Å². The Balaban J connectivity index is 1.68. The number of hydrogen-bond acceptors (Lipinski definition) is 3. The van der Waals surface area contributed by atoms with Crippen molar-refractivity contribution >= 4 is 5.69 Å². The third-order valence-corrected chi connectivity index (χ3v) is 3.68. The second-order valence-electron chi connectivity index (χ2n) is 5.17. The van der Waals surface area contributed by atoms with E-state index in [1.54, 1.807) is 0 Å². The average Bonchev–Trinajstić information content (AvgIpc) is 2.76. The Hall–Kier alpha value is -1.22. The summed E-state index contributed by atoms with van der Waals surface area (Å²) in [4.78, 5) is 2.40. The first-order valence-electron chi connectivity index (χ1n) is 6.52. The zero-order chi connectivity index (χ0) is 11.7. The molecular weight excluding hydrogens is 212 g/mol. The first-order valence-corrected chi connectivity index (χ1v) is 6.52. The Bertz CT molecular complexity index is 405. The molecular formula is C14H20N2O. The highest BCUT2D eigenvalue weighted by Gasteiger charge is 2.18. The van der Waals surface area contributed by atoms with Crippen LogP contribution in [0.5, 0.6) is 5.75 Å². The number of nitrogens with one attached hydrogen (secondary N) is 1. The molecule has 0 saturated carbocycles. The molecule has 1 unspecified atom stereocenters. The molecule has 3 nitrogen and oxygen atoms in total. The van der Waals surface area contributed by atoms with E-state index in [2.05, 4.69) is 35.5 Å². The van der Waals surface area contributed by atoms with Crippen LogP contribution in [0.4, 0.5) is 5.69 Å². The summed E-state index contributed by atoms with van der Waals surface area (Å²) in [5.74, 6) is 1.07. The number of hydrogen-bond donors (Lipinski definition) is 1. The molecule has 2 heterocycles. The summed E-state index contributed by atoms with van der Waals surface area (Å²) in [5.41, 5.74) is 2.59. The van der Waals surface area contributed by atoms with Gasteiger partial charge in [0, 0.05) is 24.7 Å². The number of benzene rings is 1. The topological polar surface area (TPSA) is 24.5 Å². The van der Waals surface area contributed by atoms with E-state index in [1.807, 2.05) is 0 Å². The lowest BCUT2D eigenvalue weighted by Crippen LogP contribution is -2.39. The molecule has 0 radical (unpaired) electrons. The van der Waals surface area contributed by atoms with E-state index in [0.717, 1.165) is 25.3 Å². The summed E-state index contributed by atoms with van der Waals surface area (Å²) in [6.07, 6.45) is 3.62. The van der Waals surface area contributed by atoms with Crippen molar-refractivity contribution in [3.63, 3.8) is 0 Å². The summed E-state index contributed by atoms with van der Waals surface area (Å²) in [6, 6.07) is 7.07. The fourth-order valence-corrected chi connectivity index (χ4v) is 2.80. The van der Waals surface area contributed by atoms with Crippen molar-refractivity contribution in [2.45, 2.75) is 25.3 Å². The van der Waals surface area contributed by atoms with Gasteiger partial charge in [0.1, 0.15) is 5.75 Å². The Kier molecular flexibility index (Phi) is 2.93. The van der Waals surface area contributed by atoms with Crippen LogP contribution in [0.2, 0.25) is 0 Å². The van der Waals surface area contributed by atoms with Crippen molar-refractivity contribution in [3.05, 3.63) is 23.8 Å². The molecule has 3 rings (SSSR count). The number of fused-ring (bicyclic) bond motifs is 1. The molecule has 0 aliphatic carbocycles. The first-order chi connectivity index (χ1) is 8.31. The van der Waals surface area contributed by atoms with Gasteiger partial charge in [0.25, 0.3) is 0 Å². The summed E-state index contributed by atoms with van der Waals surface area (Å²) in [6.45, 7) is 3.22. The van der Waals surface area contributed by atoms with Crippen LogP contribution in [0.15, 0.2) is 18.2 Å². The zero-order valence-electron chi connectivity index (χ0n) is 10.4. The van der Waals surface area contributed by atoms with Gasteiger partial charge in [-0.15, -0.1) is 0 Å². The summed E-state index contributed by atoms with van der Waals surface area (Å²) in [5, 5.41) is 3.64. The highest BCUT2D eigenvalue weighted by molar-refractivity contribution is 5.53. The predicted octanol–water partition coefficient (Wildman–Crippen LogP) is 2.13. The van der Waals surface area contributed by atoms with E-state index in [4.69, 9.17) is 4.74 Å². The van der Waals surface area contributed by atoms with Crippen LogP contribution >= 0.6 is 0 Å². The van der Waals surface area contributed by atoms with Gasteiger partial charge in [0.05, 0.1) is 6.61 Å². The van der Waals surface area contributed by atoms with Crippen molar-refractivity contribution < 1.29 is 4.74 Å². The molecule has 0 aromatic heterocycles. The van der Waals surface area contributed by atoms with Crippen LogP contribution in [0.3, 0.4) is 0 Å². The molecule has 0 amide bonds. The minimum atomic E-state index is 0.592. The second kappa shape index (κ2) is 4.57. The van der Waals surface area contributed by atoms with Crippen molar-refractivity contribution in [1.82, 2.24) is 4.90 Å². The molecule has 1 saturated heterocycles. The Morgan fingerprint density at radius 3 is 3.24 bits per heavy atom. The van der Waals surface area contributed by atoms with Crippen molar-refractivity contribution in [1.29, 1.82) is 0 Å². The fraction of sp³-hybridized carbons (Fsp3) is 0.571. The number of piperidine rings is 1. The molecule has 2 aliphatic heterocycles. The van der Waals surface area contributed by atoms with Crippen molar-refractivity contribution in [2.75, 3.05) is 32.1 Å². The minimum absolute atomic E-state index is 0.592. The number of likely N-dealkylation sites (N-methyl/N-ethyl adjacent to an activating group) is 1. The van der Waals surface area contributed by atoms with Gasteiger partial charge in [-0.3, -0.25) is 0 Å².